The van der Waals surface area contributed by atoms with Crippen LogP contribution in [0.5, 0.6) is 0 Å². The Morgan fingerprint density at radius 1 is 0.750 bits per heavy atom. The molecule has 0 spiro atoms. The van der Waals surface area contributed by atoms with Crippen LogP contribution < -0.4 is 0 Å². The van der Waals surface area contributed by atoms with E-state index in [1.54, 1.807) is 0 Å². The molecular weight excluding hydrogens is 286 g/mol. The topological polar surface area (TPSA) is 20.2 Å². The Hall–Kier alpha value is -2.02. The highest BCUT2D eigenvalue weighted by Crippen LogP contribution is 2.34. The number of hydrogen-bond acceptors (Lipinski definition) is 1. The number of rotatable bonds is 2. The van der Waals surface area contributed by atoms with Crippen LogP contribution in [0.25, 0.3) is 11.1 Å². The van der Waals surface area contributed by atoms with E-state index in [1.807, 2.05) is 0 Å². The molecule has 1 nitrogen and oxygen atoms in total. The van der Waals surface area contributed by atoms with Crippen molar-refractivity contribution in [3.63, 3.8) is 0 Å². The second-order valence-electron chi connectivity index (χ2n) is 3.87. The summed E-state index contributed by atoms with van der Waals surface area (Å²) < 4.78 is 80.9. The van der Waals surface area contributed by atoms with Crippen molar-refractivity contribution in [1.29, 1.82) is 0 Å². The monoisotopic (exact) mass is 292 g/mol. The van der Waals surface area contributed by atoms with E-state index >= 15 is 0 Å². The molecule has 2 rings (SSSR count). The Balaban J connectivity index is 2.85. The molecule has 0 saturated heterocycles. The molecule has 0 aliphatic heterocycles. The molecule has 0 radical (unpaired) electrons. The van der Waals surface area contributed by atoms with Crippen molar-refractivity contribution in [2.45, 2.75) is 6.61 Å². The van der Waals surface area contributed by atoms with E-state index in [-0.39, 0.29) is 0 Å². The summed E-state index contributed by atoms with van der Waals surface area (Å²) in [5.74, 6) is -10.6. The minimum absolute atomic E-state index is 0.684. The first-order valence-corrected chi connectivity index (χ1v) is 5.30. The molecule has 0 fully saturated rings. The van der Waals surface area contributed by atoms with Crippen molar-refractivity contribution in [1.82, 2.24) is 0 Å². The van der Waals surface area contributed by atoms with Crippen LogP contribution in [0, 0.1) is 34.9 Å². The van der Waals surface area contributed by atoms with Crippen molar-refractivity contribution >= 4 is 0 Å². The lowest BCUT2D eigenvalue weighted by molar-refractivity contribution is 0.263. The second kappa shape index (κ2) is 5.16. The van der Waals surface area contributed by atoms with Crippen molar-refractivity contribution < 1.29 is 31.4 Å². The fourth-order valence-corrected chi connectivity index (χ4v) is 1.75. The van der Waals surface area contributed by atoms with Crippen molar-refractivity contribution in [2.75, 3.05) is 0 Å². The highest BCUT2D eigenvalue weighted by atomic mass is 19.2. The Morgan fingerprint density at radius 2 is 1.30 bits per heavy atom. The van der Waals surface area contributed by atoms with Gasteiger partial charge in [-0.25, -0.2) is 26.3 Å². The highest BCUT2D eigenvalue weighted by Gasteiger charge is 2.27. The normalized spacial score (nSPS) is 10.9. The Labute approximate surface area is 109 Å². The van der Waals surface area contributed by atoms with Crippen LogP contribution >= 0.6 is 0 Å². The predicted molar refractivity (Wildman–Crippen MR) is 57.5 cm³/mol. The summed E-state index contributed by atoms with van der Waals surface area (Å²) in [6.45, 7) is -1.28. The molecule has 0 amide bonds. The number of benzene rings is 2. The van der Waals surface area contributed by atoms with Crippen molar-refractivity contribution in [3.8, 4) is 11.1 Å². The zero-order valence-corrected chi connectivity index (χ0v) is 9.65. The van der Waals surface area contributed by atoms with Gasteiger partial charge in [-0.3, -0.25) is 0 Å². The average molecular weight is 292 g/mol. The molecule has 0 aliphatic rings. The minimum Gasteiger partial charge on any atom is -0.391 e. The molecular formula is C13H6F6O. The number of halogens is 6. The van der Waals surface area contributed by atoms with Crippen LogP contribution in [0.1, 0.15) is 5.56 Å². The van der Waals surface area contributed by atoms with Crippen LogP contribution in [-0.4, -0.2) is 5.11 Å². The first kappa shape index (κ1) is 14.4. The van der Waals surface area contributed by atoms with Crippen LogP contribution in [-0.2, 0) is 6.61 Å². The molecule has 0 aromatic heterocycles. The third kappa shape index (κ3) is 2.03. The molecule has 2 aromatic carbocycles. The van der Waals surface area contributed by atoms with Crippen LogP contribution in [0.2, 0.25) is 0 Å². The molecule has 1 N–H and O–H groups in total. The maximum atomic E-state index is 13.7. The lowest BCUT2D eigenvalue weighted by Gasteiger charge is -2.11. The predicted octanol–water partition coefficient (Wildman–Crippen LogP) is 3.68. The van der Waals surface area contributed by atoms with Gasteiger partial charge < -0.3 is 5.11 Å². The summed E-state index contributed by atoms with van der Waals surface area (Å²) in [4.78, 5) is 0. The SMILES string of the molecule is OCc1c(F)c(F)c(-c2cccc(F)c2F)c(F)c1F. The third-order valence-corrected chi connectivity index (χ3v) is 2.73. The average Bonchev–Trinajstić information content (AvgIpc) is 2.42. The summed E-state index contributed by atoms with van der Waals surface area (Å²) in [5, 5.41) is 8.66. The summed E-state index contributed by atoms with van der Waals surface area (Å²) >= 11 is 0. The Bertz CT molecular complexity index is 654. The largest absolute Gasteiger partial charge is 0.391 e. The fraction of sp³-hybridized carbons (Fsp3) is 0.0769. The zero-order valence-electron chi connectivity index (χ0n) is 9.65. The molecule has 0 saturated carbocycles. The molecule has 7 heteroatoms. The minimum atomic E-state index is -1.91. The highest BCUT2D eigenvalue weighted by molar-refractivity contribution is 5.66. The van der Waals surface area contributed by atoms with E-state index in [0.717, 1.165) is 12.1 Å². The van der Waals surface area contributed by atoms with Crippen molar-refractivity contribution in [2.24, 2.45) is 0 Å². The standard InChI is InChI=1S/C13H6F6O/c14-7-3-1-2-5(9(7)15)8-12(18)10(16)6(4-20)11(17)13(8)19/h1-3,20H,4H2. The molecule has 2 aromatic rings. The quantitative estimate of drug-likeness (QED) is 0.661. The smallest absolute Gasteiger partial charge is 0.170 e. The zero-order chi connectivity index (χ0) is 15.0. The van der Waals surface area contributed by atoms with Gasteiger partial charge in [0.15, 0.2) is 34.9 Å². The Kier molecular flexibility index (Phi) is 3.71. The van der Waals surface area contributed by atoms with Gasteiger partial charge in [-0.15, -0.1) is 0 Å². The van der Waals surface area contributed by atoms with Gasteiger partial charge in [0.2, 0.25) is 0 Å². The molecule has 0 aliphatic carbocycles. The summed E-state index contributed by atoms with van der Waals surface area (Å²) in [7, 11) is 0. The number of aliphatic hydroxyl groups excluding tert-OH is 1. The third-order valence-electron chi connectivity index (χ3n) is 2.73. The lowest BCUT2D eigenvalue weighted by atomic mass is 10.0. The van der Waals surface area contributed by atoms with Gasteiger partial charge in [0.1, 0.15) is 0 Å². The van der Waals surface area contributed by atoms with Crippen LogP contribution in [0.15, 0.2) is 18.2 Å². The second-order valence-corrected chi connectivity index (χ2v) is 3.87. The Morgan fingerprint density at radius 3 is 1.80 bits per heavy atom. The van der Waals surface area contributed by atoms with Crippen LogP contribution in [0.3, 0.4) is 0 Å². The summed E-state index contributed by atoms with van der Waals surface area (Å²) in [6, 6.07) is 2.39. The number of aliphatic hydroxyl groups is 1. The molecule has 0 unspecified atom stereocenters. The van der Waals surface area contributed by atoms with Crippen LogP contribution in [0.4, 0.5) is 26.3 Å². The van der Waals surface area contributed by atoms with Gasteiger partial charge in [0, 0.05) is 5.56 Å². The summed E-state index contributed by atoms with van der Waals surface area (Å²) in [6.07, 6.45) is 0. The van der Waals surface area contributed by atoms with Gasteiger partial charge in [0.05, 0.1) is 17.7 Å². The maximum absolute atomic E-state index is 13.7. The first-order valence-electron chi connectivity index (χ1n) is 5.30. The maximum Gasteiger partial charge on any atom is 0.170 e. The molecule has 0 atom stereocenters. The molecule has 0 bridgehead atoms. The number of hydrogen-bond donors (Lipinski definition) is 1. The van der Waals surface area contributed by atoms with E-state index in [1.165, 1.54) is 0 Å². The van der Waals surface area contributed by atoms with E-state index < -0.39 is 58.2 Å². The van der Waals surface area contributed by atoms with Gasteiger partial charge in [-0.1, -0.05) is 12.1 Å². The summed E-state index contributed by atoms with van der Waals surface area (Å²) in [5.41, 5.74) is -3.54. The van der Waals surface area contributed by atoms with Gasteiger partial charge in [-0.05, 0) is 6.07 Å². The van der Waals surface area contributed by atoms with E-state index in [0.29, 0.717) is 6.07 Å². The molecule has 20 heavy (non-hydrogen) atoms. The van der Waals surface area contributed by atoms with E-state index in [4.69, 9.17) is 5.11 Å². The van der Waals surface area contributed by atoms with Gasteiger partial charge in [-0.2, -0.15) is 0 Å². The van der Waals surface area contributed by atoms with E-state index in [2.05, 4.69) is 0 Å². The molecule has 106 valence electrons. The van der Waals surface area contributed by atoms with E-state index in [9.17, 15) is 26.3 Å². The fourth-order valence-electron chi connectivity index (χ4n) is 1.75. The first-order chi connectivity index (χ1) is 9.40. The van der Waals surface area contributed by atoms with Gasteiger partial charge >= 0.3 is 0 Å². The van der Waals surface area contributed by atoms with Gasteiger partial charge in [0.25, 0.3) is 0 Å². The lowest BCUT2D eigenvalue weighted by Crippen LogP contribution is -2.07. The molecule has 0 heterocycles. The van der Waals surface area contributed by atoms with Crippen molar-refractivity contribution in [3.05, 3.63) is 58.7 Å².